The first-order valence-corrected chi connectivity index (χ1v) is 12.8. The summed E-state index contributed by atoms with van der Waals surface area (Å²) < 4.78 is 47.4. The van der Waals surface area contributed by atoms with Gasteiger partial charge in [0.1, 0.15) is 5.75 Å². The zero-order valence-corrected chi connectivity index (χ0v) is 22.9. The minimum atomic E-state index is -4.80. The highest BCUT2D eigenvalue weighted by molar-refractivity contribution is 6.10. The predicted octanol–water partition coefficient (Wildman–Crippen LogP) is 5.91. The summed E-state index contributed by atoms with van der Waals surface area (Å²) in [4.78, 5) is 31.5. The first kappa shape index (κ1) is 30.7. The molecule has 1 amide bonds. The summed E-state index contributed by atoms with van der Waals surface area (Å²) in [6.45, 7) is 1.64. The Kier molecular flexibility index (Phi) is 10.8. The lowest BCUT2D eigenvalue weighted by molar-refractivity contribution is -0.137. The summed E-state index contributed by atoms with van der Waals surface area (Å²) >= 11 is 0. The normalized spacial score (nSPS) is 13.8. The Morgan fingerprint density at radius 1 is 1.00 bits per heavy atom. The van der Waals surface area contributed by atoms with Crippen LogP contribution >= 0.6 is 12.4 Å². The molecule has 3 aromatic rings. The molecule has 1 aromatic heterocycles. The molecule has 1 aliphatic rings. The number of hydrogen-bond acceptors (Lipinski definition) is 6. The minimum Gasteiger partial charge on any atom is -0.497 e. The van der Waals surface area contributed by atoms with Crippen LogP contribution in [0.2, 0.25) is 0 Å². The lowest BCUT2D eigenvalue weighted by Gasteiger charge is -2.32. The van der Waals surface area contributed by atoms with Crippen molar-refractivity contribution in [3.8, 4) is 5.75 Å². The zero-order chi connectivity index (χ0) is 27.8. The molecular weight excluding hydrogens is 545 g/mol. The third-order valence-electron chi connectivity index (χ3n) is 6.90. The van der Waals surface area contributed by atoms with Gasteiger partial charge in [0.15, 0.2) is 5.78 Å². The molecule has 1 fully saturated rings. The van der Waals surface area contributed by atoms with E-state index in [9.17, 15) is 22.8 Å². The number of nitrogens with one attached hydrogen (secondary N) is 2. The van der Waals surface area contributed by atoms with Gasteiger partial charge in [0, 0.05) is 54.5 Å². The van der Waals surface area contributed by atoms with Crippen LogP contribution in [0.3, 0.4) is 0 Å². The highest BCUT2D eigenvalue weighted by atomic mass is 35.5. The maximum absolute atomic E-state index is 14.1. The number of nitrogens with zero attached hydrogens (tertiary/aromatic N) is 2. The molecule has 1 aliphatic heterocycles. The summed E-state index contributed by atoms with van der Waals surface area (Å²) in [7, 11) is 1.46. The summed E-state index contributed by atoms with van der Waals surface area (Å²) in [5.74, 6) is -0.0835. The fourth-order valence-electron chi connectivity index (χ4n) is 4.74. The van der Waals surface area contributed by atoms with E-state index in [0.717, 1.165) is 37.6 Å². The van der Waals surface area contributed by atoms with Gasteiger partial charge in [-0.15, -0.1) is 12.4 Å². The molecule has 0 bridgehead atoms. The smallest absolute Gasteiger partial charge is 0.419 e. The quantitative estimate of drug-likeness (QED) is 0.292. The number of pyridine rings is 1. The third-order valence-corrected chi connectivity index (χ3v) is 6.90. The van der Waals surface area contributed by atoms with Gasteiger partial charge in [-0.05, 0) is 67.6 Å². The molecule has 0 saturated carbocycles. The number of piperidine rings is 1. The summed E-state index contributed by atoms with van der Waals surface area (Å²) in [5.41, 5.74) is -0.748. The maximum Gasteiger partial charge on any atom is 0.419 e. The van der Waals surface area contributed by atoms with Crippen LogP contribution in [0.1, 0.15) is 40.7 Å². The summed E-state index contributed by atoms with van der Waals surface area (Å²) in [5, 5.41) is 6.00. The van der Waals surface area contributed by atoms with Crippen LogP contribution in [0.5, 0.6) is 5.75 Å². The molecule has 2 heterocycles. The van der Waals surface area contributed by atoms with Crippen LogP contribution < -0.4 is 15.4 Å². The second-order valence-electron chi connectivity index (χ2n) is 9.41. The van der Waals surface area contributed by atoms with E-state index in [1.165, 1.54) is 43.5 Å². The van der Waals surface area contributed by atoms with Gasteiger partial charge < -0.3 is 20.3 Å². The lowest BCUT2D eigenvalue weighted by Crippen LogP contribution is -2.41. The van der Waals surface area contributed by atoms with Crippen LogP contribution in [0.4, 0.5) is 24.5 Å². The van der Waals surface area contributed by atoms with Crippen LogP contribution in [0.25, 0.3) is 0 Å². The largest absolute Gasteiger partial charge is 0.497 e. The van der Waals surface area contributed by atoms with Crippen molar-refractivity contribution < 1.29 is 27.5 Å². The summed E-state index contributed by atoms with van der Waals surface area (Å²) in [6.07, 6.45) is 1.30. The second kappa shape index (κ2) is 14.0. The number of ketones is 1. The number of methoxy groups -OCH3 is 1. The number of hydrogen-bond donors (Lipinski definition) is 2. The molecule has 40 heavy (non-hydrogen) atoms. The maximum atomic E-state index is 14.1. The topological polar surface area (TPSA) is 83.6 Å². The molecule has 0 aliphatic carbocycles. The van der Waals surface area contributed by atoms with Gasteiger partial charge in [0.2, 0.25) is 5.91 Å². The number of anilines is 2. The number of carbonyl (C=O) groups excluding carboxylic acids is 2. The van der Waals surface area contributed by atoms with Crippen molar-refractivity contribution in [1.82, 2.24) is 9.88 Å². The molecule has 0 radical (unpaired) electrons. The molecule has 0 unspecified atom stereocenters. The monoisotopic (exact) mass is 576 g/mol. The van der Waals surface area contributed by atoms with Crippen LogP contribution in [-0.4, -0.2) is 54.9 Å². The number of rotatable bonds is 10. The van der Waals surface area contributed by atoms with Crippen molar-refractivity contribution in [3.63, 3.8) is 0 Å². The number of ether oxygens (including phenoxy) is 1. The number of benzene rings is 2. The SMILES string of the molecule is COc1ccc(C(=O)c2cccc(NCC(=O)N3CCC(CCNc4ccncc4)CC3)c2C(F)(F)F)cc1.Cl. The van der Waals surface area contributed by atoms with E-state index in [-0.39, 0.29) is 36.1 Å². The van der Waals surface area contributed by atoms with Gasteiger partial charge in [-0.1, -0.05) is 12.1 Å². The molecule has 1 saturated heterocycles. The van der Waals surface area contributed by atoms with Gasteiger partial charge in [-0.3, -0.25) is 14.6 Å². The Morgan fingerprint density at radius 2 is 1.68 bits per heavy atom. The molecule has 2 aromatic carbocycles. The molecule has 7 nitrogen and oxygen atoms in total. The molecule has 0 spiro atoms. The lowest BCUT2D eigenvalue weighted by atomic mass is 9.93. The van der Waals surface area contributed by atoms with Crippen LogP contribution in [0.15, 0.2) is 67.0 Å². The van der Waals surface area contributed by atoms with Crippen molar-refractivity contribution in [1.29, 1.82) is 0 Å². The molecule has 4 rings (SSSR count). The fraction of sp³-hybridized carbons (Fsp3) is 0.345. The highest BCUT2D eigenvalue weighted by Crippen LogP contribution is 2.38. The Morgan fingerprint density at radius 3 is 2.30 bits per heavy atom. The highest BCUT2D eigenvalue weighted by Gasteiger charge is 2.38. The Hall–Kier alpha value is -3.79. The Bertz CT molecular complexity index is 1270. The van der Waals surface area contributed by atoms with Gasteiger partial charge in [-0.2, -0.15) is 13.2 Å². The number of halogens is 4. The number of likely N-dealkylation sites (tertiary alicyclic amines) is 1. The van der Waals surface area contributed by atoms with Crippen molar-refractivity contribution in [2.24, 2.45) is 5.92 Å². The van der Waals surface area contributed by atoms with E-state index < -0.39 is 23.1 Å². The number of alkyl halides is 3. The van der Waals surface area contributed by atoms with E-state index in [1.807, 2.05) is 12.1 Å². The van der Waals surface area contributed by atoms with Gasteiger partial charge >= 0.3 is 6.18 Å². The number of carbonyl (C=O) groups is 2. The number of aromatic nitrogens is 1. The standard InChI is InChI=1S/C29H31F3N4O3.ClH/c1-39-23-7-5-21(6-8-23)28(38)24-3-2-4-25(27(24)29(30,31)32)35-19-26(37)36-17-12-20(13-18-36)9-16-34-22-10-14-33-15-11-22;/h2-8,10-11,14-15,20,35H,9,12-13,16-19H2,1H3,(H,33,34);1H. The average Bonchev–Trinajstić information content (AvgIpc) is 2.95. The van der Waals surface area contributed by atoms with E-state index in [2.05, 4.69) is 15.6 Å². The van der Waals surface area contributed by atoms with E-state index in [4.69, 9.17) is 4.74 Å². The summed E-state index contributed by atoms with van der Waals surface area (Å²) in [6, 6.07) is 13.5. The fourth-order valence-corrected chi connectivity index (χ4v) is 4.74. The Balaban J connectivity index is 0.00000441. The minimum absolute atomic E-state index is 0. The second-order valence-corrected chi connectivity index (χ2v) is 9.41. The van der Waals surface area contributed by atoms with Gasteiger partial charge in [0.25, 0.3) is 0 Å². The first-order chi connectivity index (χ1) is 18.8. The van der Waals surface area contributed by atoms with Crippen LogP contribution in [-0.2, 0) is 11.0 Å². The molecule has 0 atom stereocenters. The third kappa shape index (κ3) is 7.88. The van der Waals surface area contributed by atoms with Gasteiger partial charge in [-0.25, -0.2) is 0 Å². The number of amides is 1. The van der Waals surface area contributed by atoms with Crippen molar-refractivity contribution in [2.45, 2.75) is 25.4 Å². The molecule has 214 valence electrons. The van der Waals surface area contributed by atoms with Crippen LogP contribution in [0, 0.1) is 5.92 Å². The molecule has 11 heteroatoms. The van der Waals surface area contributed by atoms with Gasteiger partial charge in [0.05, 0.1) is 19.2 Å². The molecule has 2 N–H and O–H groups in total. The zero-order valence-electron chi connectivity index (χ0n) is 22.0. The predicted molar refractivity (Wildman–Crippen MR) is 150 cm³/mol. The van der Waals surface area contributed by atoms with Crippen molar-refractivity contribution in [3.05, 3.63) is 83.7 Å². The van der Waals surface area contributed by atoms with Crippen molar-refractivity contribution >= 4 is 35.5 Å². The van der Waals surface area contributed by atoms with E-state index in [1.54, 1.807) is 17.3 Å². The first-order valence-electron chi connectivity index (χ1n) is 12.8. The van der Waals surface area contributed by atoms with E-state index >= 15 is 0 Å². The Labute approximate surface area is 237 Å². The van der Waals surface area contributed by atoms with E-state index in [0.29, 0.717) is 24.8 Å². The average molecular weight is 577 g/mol. The molecular formula is C29H32ClF3N4O3. The van der Waals surface area contributed by atoms with Crippen molar-refractivity contribution in [2.75, 3.05) is 43.9 Å².